The molecule has 3 rings (SSSR count). The first-order valence-corrected chi connectivity index (χ1v) is 6.22. The minimum absolute atomic E-state index is 0.292. The lowest BCUT2D eigenvalue weighted by atomic mass is 10.2. The van der Waals surface area contributed by atoms with Crippen molar-refractivity contribution < 1.29 is 9.53 Å². The maximum atomic E-state index is 11.8. The lowest BCUT2D eigenvalue weighted by Crippen LogP contribution is -2.04. The Morgan fingerprint density at radius 2 is 2.00 bits per heavy atom. The van der Waals surface area contributed by atoms with E-state index < -0.39 is 5.97 Å². The zero-order valence-corrected chi connectivity index (χ0v) is 11.2. The summed E-state index contributed by atoms with van der Waals surface area (Å²) in [4.78, 5) is 16.1. The highest BCUT2D eigenvalue weighted by molar-refractivity contribution is 6.12. The van der Waals surface area contributed by atoms with Crippen molar-refractivity contribution in [1.82, 2.24) is 9.78 Å². The van der Waals surface area contributed by atoms with Gasteiger partial charge >= 0.3 is 5.97 Å². The predicted molar refractivity (Wildman–Crippen MR) is 75.0 cm³/mol. The fourth-order valence-corrected chi connectivity index (χ4v) is 1.92. The smallest absolute Gasteiger partial charge is 0.363 e. The summed E-state index contributed by atoms with van der Waals surface area (Å²) in [6.07, 6.45) is 3.40. The number of aryl methyl sites for hydroxylation is 1. The summed E-state index contributed by atoms with van der Waals surface area (Å²) in [5.41, 5.74) is 2.90. The van der Waals surface area contributed by atoms with Crippen LogP contribution in [0.3, 0.4) is 0 Å². The second kappa shape index (κ2) is 4.77. The van der Waals surface area contributed by atoms with Gasteiger partial charge < -0.3 is 4.74 Å². The van der Waals surface area contributed by atoms with E-state index in [9.17, 15) is 4.79 Å². The first-order valence-electron chi connectivity index (χ1n) is 6.22. The quantitative estimate of drug-likeness (QED) is 0.618. The topological polar surface area (TPSA) is 56.5 Å². The van der Waals surface area contributed by atoms with Crippen molar-refractivity contribution >= 4 is 17.9 Å². The van der Waals surface area contributed by atoms with Gasteiger partial charge in [-0.3, -0.25) is 4.68 Å². The molecule has 0 unspecified atom stereocenters. The van der Waals surface area contributed by atoms with Crippen LogP contribution in [0.15, 0.2) is 47.2 Å². The van der Waals surface area contributed by atoms with Crippen LogP contribution in [0.25, 0.3) is 6.08 Å². The third-order valence-corrected chi connectivity index (χ3v) is 3.21. The number of hydrogen-bond donors (Lipinski definition) is 0. The summed E-state index contributed by atoms with van der Waals surface area (Å²) in [5, 5.41) is 4.13. The molecule has 0 atom stereocenters. The lowest BCUT2D eigenvalue weighted by molar-refractivity contribution is -0.129. The maximum absolute atomic E-state index is 11.8. The van der Waals surface area contributed by atoms with Crippen molar-refractivity contribution in [2.24, 2.45) is 12.0 Å². The molecule has 2 aromatic rings. The molecule has 1 aliphatic rings. The van der Waals surface area contributed by atoms with Gasteiger partial charge in [0.25, 0.3) is 0 Å². The van der Waals surface area contributed by atoms with Gasteiger partial charge in [0, 0.05) is 23.9 Å². The Morgan fingerprint density at radius 1 is 1.25 bits per heavy atom. The Bertz CT molecular complexity index is 727. The van der Waals surface area contributed by atoms with E-state index in [1.807, 2.05) is 44.3 Å². The second-order valence-corrected chi connectivity index (χ2v) is 4.51. The number of aromatic nitrogens is 2. The molecule has 1 aromatic carbocycles. The number of aliphatic imine (C=N–C) groups is 1. The van der Waals surface area contributed by atoms with E-state index in [0.717, 1.165) is 16.8 Å². The highest BCUT2D eigenvalue weighted by Gasteiger charge is 2.24. The van der Waals surface area contributed by atoms with E-state index in [1.165, 1.54) is 0 Å². The van der Waals surface area contributed by atoms with Crippen LogP contribution in [-0.4, -0.2) is 21.6 Å². The first kappa shape index (κ1) is 12.3. The molecule has 1 aromatic heterocycles. The molecule has 2 heterocycles. The number of ether oxygens (including phenoxy) is 1. The lowest BCUT2D eigenvalue weighted by Gasteiger charge is -1.97. The largest absolute Gasteiger partial charge is 0.402 e. The second-order valence-electron chi connectivity index (χ2n) is 4.51. The molecule has 0 saturated carbocycles. The fraction of sp³-hybridized carbons (Fsp3) is 0.133. The molecule has 100 valence electrons. The van der Waals surface area contributed by atoms with E-state index in [4.69, 9.17) is 4.74 Å². The number of benzene rings is 1. The normalized spacial score (nSPS) is 16.4. The monoisotopic (exact) mass is 267 g/mol. The Labute approximate surface area is 116 Å². The molecule has 0 N–H and O–H groups in total. The third-order valence-electron chi connectivity index (χ3n) is 3.21. The number of esters is 1. The van der Waals surface area contributed by atoms with Gasteiger partial charge in [-0.25, -0.2) is 9.79 Å². The van der Waals surface area contributed by atoms with Crippen molar-refractivity contribution in [3.63, 3.8) is 0 Å². The summed E-state index contributed by atoms with van der Waals surface area (Å²) in [5.74, 6) is -0.101. The van der Waals surface area contributed by atoms with Gasteiger partial charge in [0.2, 0.25) is 5.90 Å². The highest BCUT2D eigenvalue weighted by atomic mass is 16.6. The molecule has 0 fully saturated rings. The van der Waals surface area contributed by atoms with Crippen molar-refractivity contribution in [2.75, 3.05) is 0 Å². The number of rotatable bonds is 2. The minimum atomic E-state index is -0.438. The average molecular weight is 267 g/mol. The van der Waals surface area contributed by atoms with Gasteiger partial charge in [0.1, 0.15) is 0 Å². The molecule has 0 bridgehead atoms. The SMILES string of the molecule is Cc1c(/C=C2\N=C(c3ccccc3)OC2=O)cnn1C. The van der Waals surface area contributed by atoms with Crippen LogP contribution in [0, 0.1) is 6.92 Å². The molecule has 5 nitrogen and oxygen atoms in total. The third kappa shape index (κ3) is 2.14. The van der Waals surface area contributed by atoms with Gasteiger partial charge in [-0.15, -0.1) is 0 Å². The molecule has 20 heavy (non-hydrogen) atoms. The molecule has 0 saturated heterocycles. The molecular weight excluding hydrogens is 254 g/mol. The van der Waals surface area contributed by atoms with E-state index in [2.05, 4.69) is 10.1 Å². The summed E-state index contributed by atoms with van der Waals surface area (Å²) >= 11 is 0. The molecule has 5 heteroatoms. The molecule has 0 radical (unpaired) electrons. The molecule has 1 aliphatic heterocycles. The van der Waals surface area contributed by atoms with Crippen LogP contribution in [0.4, 0.5) is 0 Å². The van der Waals surface area contributed by atoms with E-state index in [-0.39, 0.29) is 0 Å². The number of hydrogen-bond acceptors (Lipinski definition) is 4. The Kier molecular flexibility index (Phi) is 2.95. The fourth-order valence-electron chi connectivity index (χ4n) is 1.92. The summed E-state index contributed by atoms with van der Waals surface area (Å²) < 4.78 is 6.94. The Hall–Kier alpha value is -2.69. The van der Waals surface area contributed by atoms with Crippen LogP contribution >= 0.6 is 0 Å². The van der Waals surface area contributed by atoms with E-state index in [0.29, 0.717) is 11.6 Å². The average Bonchev–Trinajstić information content (AvgIpc) is 2.98. The number of carbonyl (C=O) groups is 1. The predicted octanol–water partition coefficient (Wildman–Crippen LogP) is 2.07. The van der Waals surface area contributed by atoms with Crippen LogP contribution in [0.1, 0.15) is 16.8 Å². The maximum Gasteiger partial charge on any atom is 0.363 e. The Balaban J connectivity index is 1.97. The van der Waals surface area contributed by atoms with Crippen molar-refractivity contribution in [3.05, 3.63) is 59.0 Å². The standard InChI is InChI=1S/C15H13N3O2/c1-10-12(9-16-18(10)2)8-13-15(19)20-14(17-13)11-6-4-3-5-7-11/h3-9H,1-2H3/b13-8-. The van der Waals surface area contributed by atoms with E-state index >= 15 is 0 Å². The van der Waals surface area contributed by atoms with Crippen LogP contribution < -0.4 is 0 Å². The zero-order chi connectivity index (χ0) is 14.1. The number of carbonyl (C=O) groups excluding carboxylic acids is 1. The molecule has 0 spiro atoms. The summed E-state index contributed by atoms with van der Waals surface area (Å²) in [6, 6.07) is 9.35. The van der Waals surface area contributed by atoms with Crippen molar-refractivity contribution in [3.8, 4) is 0 Å². The van der Waals surface area contributed by atoms with Gasteiger partial charge in [-0.05, 0) is 25.1 Å². The van der Waals surface area contributed by atoms with E-state index in [1.54, 1.807) is 17.0 Å². The van der Waals surface area contributed by atoms with Crippen LogP contribution in [-0.2, 0) is 16.6 Å². The summed E-state index contributed by atoms with van der Waals surface area (Å²) in [6.45, 7) is 1.93. The van der Waals surface area contributed by atoms with Gasteiger partial charge in [0.05, 0.1) is 6.20 Å². The van der Waals surface area contributed by atoms with Crippen molar-refractivity contribution in [2.45, 2.75) is 6.92 Å². The van der Waals surface area contributed by atoms with Crippen LogP contribution in [0.2, 0.25) is 0 Å². The van der Waals surface area contributed by atoms with Gasteiger partial charge in [0.15, 0.2) is 5.70 Å². The molecule has 0 amide bonds. The molecular formula is C15H13N3O2. The molecule has 0 aliphatic carbocycles. The van der Waals surface area contributed by atoms with Gasteiger partial charge in [-0.1, -0.05) is 18.2 Å². The number of cyclic esters (lactones) is 1. The minimum Gasteiger partial charge on any atom is -0.402 e. The first-order chi connectivity index (χ1) is 9.65. The zero-order valence-electron chi connectivity index (χ0n) is 11.2. The van der Waals surface area contributed by atoms with Crippen LogP contribution in [0.5, 0.6) is 0 Å². The van der Waals surface area contributed by atoms with Gasteiger partial charge in [-0.2, -0.15) is 5.10 Å². The highest BCUT2D eigenvalue weighted by Crippen LogP contribution is 2.20. The number of nitrogens with zero attached hydrogens (tertiary/aromatic N) is 3. The summed E-state index contributed by atoms with van der Waals surface area (Å²) in [7, 11) is 1.85. The Morgan fingerprint density at radius 3 is 2.65 bits per heavy atom. The van der Waals surface area contributed by atoms with Crippen molar-refractivity contribution in [1.29, 1.82) is 0 Å².